The van der Waals surface area contributed by atoms with Gasteiger partial charge in [0.2, 0.25) is 0 Å². The van der Waals surface area contributed by atoms with Gasteiger partial charge < -0.3 is 14.4 Å². The summed E-state index contributed by atoms with van der Waals surface area (Å²) in [6, 6.07) is 7.52. The van der Waals surface area contributed by atoms with E-state index < -0.39 is 11.9 Å². The number of benzene rings is 1. The number of para-hydroxylation sites is 1. The smallest absolute Gasteiger partial charge is 0.308 e. The van der Waals surface area contributed by atoms with Crippen LogP contribution in [0.5, 0.6) is 5.75 Å². The number of rotatable bonds is 3. The minimum Gasteiger partial charge on any atom is -0.496 e. The molecule has 21 heavy (non-hydrogen) atoms. The second-order valence-electron chi connectivity index (χ2n) is 5.06. The molecular formula is C15H15ClN2O3. The molecule has 1 unspecified atom stereocenters. The number of aromatic nitrogens is 2. The molecule has 1 aromatic carbocycles. The molecule has 0 saturated carbocycles. The Balaban J connectivity index is 2.11. The first-order valence-electron chi connectivity index (χ1n) is 6.73. The summed E-state index contributed by atoms with van der Waals surface area (Å²) in [4.78, 5) is 15.7. The predicted octanol–water partition coefficient (Wildman–Crippen LogP) is 2.86. The predicted molar refractivity (Wildman–Crippen MR) is 78.7 cm³/mol. The van der Waals surface area contributed by atoms with Gasteiger partial charge in [0.05, 0.1) is 24.3 Å². The van der Waals surface area contributed by atoms with Crippen molar-refractivity contribution in [2.45, 2.75) is 19.4 Å². The molecule has 0 spiro atoms. The minimum absolute atomic E-state index is 0.387. The lowest BCUT2D eigenvalue weighted by molar-refractivity contribution is -0.142. The number of ether oxygens (including phenoxy) is 1. The van der Waals surface area contributed by atoms with E-state index in [1.807, 2.05) is 28.8 Å². The van der Waals surface area contributed by atoms with Crippen molar-refractivity contribution >= 4 is 17.6 Å². The third-order valence-electron chi connectivity index (χ3n) is 3.85. The highest BCUT2D eigenvalue weighted by Gasteiger charge is 2.29. The molecule has 2 aromatic rings. The molecular weight excluding hydrogens is 292 g/mol. The van der Waals surface area contributed by atoms with Gasteiger partial charge in [-0.3, -0.25) is 4.79 Å². The van der Waals surface area contributed by atoms with Gasteiger partial charge in [0, 0.05) is 6.54 Å². The third kappa shape index (κ3) is 2.38. The lowest BCUT2D eigenvalue weighted by atomic mass is 9.98. The van der Waals surface area contributed by atoms with Gasteiger partial charge in [-0.15, -0.1) is 0 Å². The van der Waals surface area contributed by atoms with Gasteiger partial charge in [0.1, 0.15) is 11.6 Å². The van der Waals surface area contributed by atoms with Crippen LogP contribution in [0.15, 0.2) is 24.3 Å². The molecule has 1 aliphatic rings. The van der Waals surface area contributed by atoms with E-state index in [4.69, 9.17) is 16.3 Å². The number of carboxylic acids is 1. The fourth-order valence-corrected chi connectivity index (χ4v) is 3.03. The summed E-state index contributed by atoms with van der Waals surface area (Å²) in [6.07, 6.45) is 1.21. The van der Waals surface area contributed by atoms with E-state index in [0.717, 1.165) is 11.3 Å². The molecule has 110 valence electrons. The number of imidazole rings is 1. The Kier molecular flexibility index (Phi) is 3.59. The van der Waals surface area contributed by atoms with E-state index in [9.17, 15) is 9.90 Å². The summed E-state index contributed by atoms with van der Waals surface area (Å²) < 4.78 is 7.27. The summed E-state index contributed by atoms with van der Waals surface area (Å²) in [5.41, 5.74) is 1.72. The van der Waals surface area contributed by atoms with Crippen molar-refractivity contribution in [2.24, 2.45) is 5.92 Å². The number of nitrogens with zero attached hydrogens (tertiary/aromatic N) is 2. The van der Waals surface area contributed by atoms with Gasteiger partial charge in [-0.1, -0.05) is 23.7 Å². The largest absolute Gasteiger partial charge is 0.496 e. The van der Waals surface area contributed by atoms with E-state index >= 15 is 0 Å². The average molecular weight is 307 g/mol. The zero-order chi connectivity index (χ0) is 15.0. The summed E-state index contributed by atoms with van der Waals surface area (Å²) in [5.74, 6) is 0.172. The van der Waals surface area contributed by atoms with Gasteiger partial charge in [0.25, 0.3) is 0 Å². The van der Waals surface area contributed by atoms with E-state index in [2.05, 4.69) is 4.98 Å². The van der Waals surface area contributed by atoms with Crippen LogP contribution in [0.25, 0.3) is 11.4 Å². The summed E-state index contributed by atoms with van der Waals surface area (Å²) in [6.45, 7) is 0.387. The number of carbonyl (C=O) groups is 1. The highest BCUT2D eigenvalue weighted by molar-refractivity contribution is 6.30. The van der Waals surface area contributed by atoms with Crippen molar-refractivity contribution in [1.29, 1.82) is 0 Å². The number of fused-ring (bicyclic) bond motifs is 1. The first kappa shape index (κ1) is 13.9. The van der Waals surface area contributed by atoms with Crippen molar-refractivity contribution < 1.29 is 14.6 Å². The maximum absolute atomic E-state index is 11.3. The zero-order valence-electron chi connectivity index (χ0n) is 11.5. The van der Waals surface area contributed by atoms with Crippen LogP contribution in [0, 0.1) is 5.92 Å². The zero-order valence-corrected chi connectivity index (χ0v) is 12.3. The molecule has 0 radical (unpaired) electrons. The first-order chi connectivity index (χ1) is 10.1. The topological polar surface area (TPSA) is 64.4 Å². The minimum atomic E-state index is -0.781. The molecule has 1 aliphatic heterocycles. The van der Waals surface area contributed by atoms with Crippen molar-refractivity contribution in [3.05, 3.63) is 35.1 Å². The number of carboxylic acid groups (broad SMARTS) is 1. The first-order valence-corrected chi connectivity index (χ1v) is 7.10. The van der Waals surface area contributed by atoms with Crippen LogP contribution < -0.4 is 4.74 Å². The van der Waals surface area contributed by atoms with Crippen LogP contribution in [0.2, 0.25) is 5.15 Å². The van der Waals surface area contributed by atoms with Gasteiger partial charge in [0.15, 0.2) is 5.15 Å². The molecule has 1 atom stereocenters. The Morgan fingerprint density at radius 3 is 2.95 bits per heavy atom. The van der Waals surface area contributed by atoms with Crippen LogP contribution in [-0.2, 0) is 17.8 Å². The Morgan fingerprint density at radius 1 is 1.48 bits per heavy atom. The van der Waals surface area contributed by atoms with E-state index in [1.54, 1.807) is 7.11 Å². The number of halogens is 1. The summed E-state index contributed by atoms with van der Waals surface area (Å²) >= 11 is 6.22. The monoisotopic (exact) mass is 306 g/mol. The maximum atomic E-state index is 11.3. The molecule has 0 amide bonds. The maximum Gasteiger partial charge on any atom is 0.308 e. The Labute approximate surface area is 127 Å². The van der Waals surface area contributed by atoms with Crippen LogP contribution in [-0.4, -0.2) is 27.7 Å². The van der Waals surface area contributed by atoms with Crippen molar-refractivity contribution in [3.8, 4) is 17.1 Å². The molecule has 0 aliphatic carbocycles. The van der Waals surface area contributed by atoms with E-state index in [0.29, 0.717) is 36.1 Å². The molecule has 0 bridgehead atoms. The summed E-state index contributed by atoms with van der Waals surface area (Å²) in [7, 11) is 1.60. The lowest BCUT2D eigenvalue weighted by Gasteiger charge is -2.23. The molecule has 2 heterocycles. The van der Waals surface area contributed by atoms with Crippen LogP contribution in [0.3, 0.4) is 0 Å². The van der Waals surface area contributed by atoms with Gasteiger partial charge in [-0.2, -0.15) is 0 Å². The normalized spacial score (nSPS) is 17.3. The Hall–Kier alpha value is -2.01. The average Bonchev–Trinajstić information content (AvgIpc) is 2.83. The highest BCUT2D eigenvalue weighted by Crippen LogP contribution is 2.35. The highest BCUT2D eigenvalue weighted by atomic mass is 35.5. The number of methoxy groups -OCH3 is 1. The standard InChI is InChI=1S/C15H15ClN2O3/c1-21-12-5-3-2-4-10(12)14-17-13(16)11-7-6-9(15(19)20)8-18(11)14/h2-5,9H,6-8H2,1H3,(H,19,20). The molecule has 0 fully saturated rings. The number of aliphatic carboxylic acids is 1. The van der Waals surface area contributed by atoms with Gasteiger partial charge in [-0.05, 0) is 25.0 Å². The van der Waals surface area contributed by atoms with Crippen LogP contribution in [0.1, 0.15) is 12.1 Å². The molecule has 6 heteroatoms. The van der Waals surface area contributed by atoms with Crippen molar-refractivity contribution in [2.75, 3.05) is 7.11 Å². The van der Waals surface area contributed by atoms with Crippen molar-refractivity contribution in [3.63, 3.8) is 0 Å². The summed E-state index contributed by atoms with van der Waals surface area (Å²) in [5, 5.41) is 9.69. The second kappa shape index (κ2) is 5.41. The molecule has 1 N–H and O–H groups in total. The number of hydrogen-bond acceptors (Lipinski definition) is 3. The second-order valence-corrected chi connectivity index (χ2v) is 5.42. The molecule has 0 saturated heterocycles. The van der Waals surface area contributed by atoms with Crippen LogP contribution >= 0.6 is 11.6 Å². The molecule has 1 aromatic heterocycles. The van der Waals surface area contributed by atoms with Gasteiger partial charge >= 0.3 is 5.97 Å². The molecule has 5 nitrogen and oxygen atoms in total. The van der Waals surface area contributed by atoms with Crippen LogP contribution in [0.4, 0.5) is 0 Å². The van der Waals surface area contributed by atoms with Gasteiger partial charge in [-0.25, -0.2) is 4.98 Å². The fraction of sp³-hybridized carbons (Fsp3) is 0.333. The van der Waals surface area contributed by atoms with Crippen molar-refractivity contribution in [1.82, 2.24) is 9.55 Å². The van der Waals surface area contributed by atoms with E-state index in [-0.39, 0.29) is 0 Å². The quantitative estimate of drug-likeness (QED) is 0.947. The molecule has 3 rings (SSSR count). The van der Waals surface area contributed by atoms with E-state index in [1.165, 1.54) is 0 Å². The lowest BCUT2D eigenvalue weighted by Crippen LogP contribution is -2.26. The fourth-order valence-electron chi connectivity index (χ4n) is 2.75. The third-order valence-corrected chi connectivity index (χ3v) is 4.16. The number of hydrogen-bond donors (Lipinski definition) is 1. The SMILES string of the molecule is COc1ccccc1-c1nc(Cl)c2n1CC(C(=O)O)CC2. The Bertz CT molecular complexity index is 696. The Morgan fingerprint density at radius 2 is 2.24 bits per heavy atom.